The Hall–Kier alpha value is -2.66. The van der Waals surface area contributed by atoms with Crippen LogP contribution in [0.2, 0.25) is 0 Å². The summed E-state index contributed by atoms with van der Waals surface area (Å²) in [6.07, 6.45) is 0. The molecule has 5 heteroatoms. The number of amides is 2. The third kappa shape index (κ3) is 5.43. The second kappa shape index (κ2) is 9.73. The van der Waals surface area contributed by atoms with E-state index in [2.05, 4.69) is 41.5 Å². The van der Waals surface area contributed by atoms with E-state index in [1.165, 1.54) is 12.5 Å². The summed E-state index contributed by atoms with van der Waals surface area (Å²) in [5.74, 6) is -0.307. The molecule has 0 bridgehead atoms. The van der Waals surface area contributed by atoms with Crippen molar-refractivity contribution >= 4 is 17.5 Å². The number of benzene rings is 2. The number of nitrogens with one attached hydrogen (secondary N) is 2. The van der Waals surface area contributed by atoms with Gasteiger partial charge in [0, 0.05) is 24.7 Å². The van der Waals surface area contributed by atoms with Crippen LogP contribution in [0, 0.1) is 0 Å². The normalized spacial score (nSPS) is 11.8. The highest BCUT2D eigenvalue weighted by atomic mass is 16.2. The first-order chi connectivity index (χ1) is 12.5. The molecular weight excluding hydrogens is 326 g/mol. The van der Waals surface area contributed by atoms with E-state index in [-0.39, 0.29) is 17.9 Å². The number of nitrogens with zero attached hydrogens (tertiary/aromatic N) is 1. The second-order valence-corrected chi connectivity index (χ2v) is 6.12. The van der Waals surface area contributed by atoms with Gasteiger partial charge < -0.3 is 10.6 Å². The smallest absolute Gasteiger partial charge is 0.251 e. The van der Waals surface area contributed by atoms with E-state index in [0.29, 0.717) is 17.8 Å². The van der Waals surface area contributed by atoms with E-state index >= 15 is 0 Å². The zero-order valence-corrected chi connectivity index (χ0v) is 15.7. The van der Waals surface area contributed by atoms with Gasteiger partial charge in [-0.25, -0.2) is 0 Å². The molecule has 1 atom stereocenters. The molecule has 2 amide bonds. The van der Waals surface area contributed by atoms with Crippen LogP contribution >= 0.6 is 0 Å². The summed E-state index contributed by atoms with van der Waals surface area (Å²) in [6.45, 7) is 8.03. The molecule has 0 spiro atoms. The van der Waals surface area contributed by atoms with Crippen molar-refractivity contribution in [2.75, 3.05) is 25.0 Å². The molecule has 0 fully saturated rings. The van der Waals surface area contributed by atoms with Crippen molar-refractivity contribution in [1.29, 1.82) is 0 Å². The predicted molar refractivity (Wildman–Crippen MR) is 105 cm³/mol. The molecule has 138 valence electrons. The van der Waals surface area contributed by atoms with Gasteiger partial charge in [-0.1, -0.05) is 50.2 Å². The summed E-state index contributed by atoms with van der Waals surface area (Å²) in [6, 6.07) is 17.3. The Balaban J connectivity index is 2.10. The standard InChI is InChI=1S/C21H27N3O2/c1-4-24(5-2)20(17-10-7-6-8-11-17)15-22-21(26)18-12-9-13-19(14-18)23-16(3)25/h6-14,20H,4-5,15H2,1-3H3,(H,22,26)(H,23,25). The number of hydrogen-bond donors (Lipinski definition) is 2. The van der Waals surface area contributed by atoms with Crippen molar-refractivity contribution in [3.63, 3.8) is 0 Å². The molecule has 0 saturated heterocycles. The van der Waals surface area contributed by atoms with Gasteiger partial charge in [0.05, 0.1) is 6.04 Å². The van der Waals surface area contributed by atoms with Gasteiger partial charge in [-0.15, -0.1) is 0 Å². The molecule has 0 aliphatic rings. The van der Waals surface area contributed by atoms with E-state index in [4.69, 9.17) is 0 Å². The third-order valence-corrected chi connectivity index (χ3v) is 4.34. The minimum atomic E-state index is -0.159. The number of rotatable bonds is 8. The summed E-state index contributed by atoms with van der Waals surface area (Å²) < 4.78 is 0. The summed E-state index contributed by atoms with van der Waals surface area (Å²) in [7, 11) is 0. The van der Waals surface area contributed by atoms with Gasteiger partial charge in [0.25, 0.3) is 5.91 Å². The highest BCUT2D eigenvalue weighted by Gasteiger charge is 2.19. The van der Waals surface area contributed by atoms with Gasteiger partial charge in [0.2, 0.25) is 5.91 Å². The number of carbonyl (C=O) groups is 2. The molecule has 0 aliphatic carbocycles. The van der Waals surface area contributed by atoms with Crippen LogP contribution in [-0.4, -0.2) is 36.3 Å². The maximum atomic E-state index is 12.6. The minimum absolute atomic E-state index is 0.119. The second-order valence-electron chi connectivity index (χ2n) is 6.12. The summed E-state index contributed by atoms with van der Waals surface area (Å²) >= 11 is 0. The molecule has 2 aromatic carbocycles. The maximum Gasteiger partial charge on any atom is 0.251 e. The highest BCUT2D eigenvalue weighted by molar-refractivity contribution is 5.96. The Morgan fingerprint density at radius 1 is 1.00 bits per heavy atom. The average Bonchev–Trinajstić information content (AvgIpc) is 2.65. The molecular formula is C21H27N3O2. The van der Waals surface area contributed by atoms with Crippen LogP contribution < -0.4 is 10.6 Å². The lowest BCUT2D eigenvalue weighted by Crippen LogP contribution is -2.38. The van der Waals surface area contributed by atoms with Crippen LogP contribution in [-0.2, 0) is 4.79 Å². The fourth-order valence-electron chi connectivity index (χ4n) is 3.03. The summed E-state index contributed by atoms with van der Waals surface area (Å²) in [5, 5.41) is 5.73. The Labute approximate surface area is 155 Å². The predicted octanol–water partition coefficient (Wildman–Crippen LogP) is 3.46. The van der Waals surface area contributed by atoms with Gasteiger partial charge in [-0.05, 0) is 36.9 Å². The quantitative estimate of drug-likeness (QED) is 0.764. The van der Waals surface area contributed by atoms with Gasteiger partial charge >= 0.3 is 0 Å². The first kappa shape index (κ1) is 19.7. The van der Waals surface area contributed by atoms with Crippen molar-refractivity contribution in [1.82, 2.24) is 10.2 Å². The van der Waals surface area contributed by atoms with E-state index in [9.17, 15) is 9.59 Å². The first-order valence-electron chi connectivity index (χ1n) is 9.00. The highest BCUT2D eigenvalue weighted by Crippen LogP contribution is 2.20. The Morgan fingerprint density at radius 3 is 2.31 bits per heavy atom. The molecule has 5 nitrogen and oxygen atoms in total. The fraction of sp³-hybridized carbons (Fsp3) is 0.333. The molecule has 2 aromatic rings. The average molecular weight is 353 g/mol. The van der Waals surface area contributed by atoms with E-state index in [0.717, 1.165) is 13.1 Å². The van der Waals surface area contributed by atoms with E-state index in [1.54, 1.807) is 24.3 Å². The molecule has 0 radical (unpaired) electrons. The van der Waals surface area contributed by atoms with Crippen LogP contribution in [0.5, 0.6) is 0 Å². The monoisotopic (exact) mass is 353 g/mol. The SMILES string of the molecule is CCN(CC)C(CNC(=O)c1cccc(NC(C)=O)c1)c1ccccc1. The van der Waals surface area contributed by atoms with Crippen molar-refractivity contribution in [2.45, 2.75) is 26.8 Å². The molecule has 2 N–H and O–H groups in total. The molecule has 0 aliphatic heterocycles. The Kier molecular flexibility index (Phi) is 7.36. The van der Waals surface area contributed by atoms with Crippen LogP contribution in [0.1, 0.15) is 42.7 Å². The molecule has 0 saturated carbocycles. The number of hydrogen-bond acceptors (Lipinski definition) is 3. The van der Waals surface area contributed by atoms with Crippen LogP contribution in [0.3, 0.4) is 0 Å². The van der Waals surface area contributed by atoms with Crippen LogP contribution in [0.15, 0.2) is 54.6 Å². The van der Waals surface area contributed by atoms with Gasteiger partial charge in [-0.3, -0.25) is 14.5 Å². The number of likely N-dealkylation sites (N-methyl/N-ethyl adjacent to an activating group) is 1. The van der Waals surface area contributed by atoms with Crippen molar-refractivity contribution < 1.29 is 9.59 Å². The topological polar surface area (TPSA) is 61.4 Å². The lowest BCUT2D eigenvalue weighted by molar-refractivity contribution is -0.114. The van der Waals surface area contributed by atoms with Crippen molar-refractivity contribution in [3.05, 3.63) is 65.7 Å². The number of carbonyl (C=O) groups excluding carboxylic acids is 2. The zero-order chi connectivity index (χ0) is 18.9. The van der Waals surface area contributed by atoms with Crippen molar-refractivity contribution in [3.8, 4) is 0 Å². The van der Waals surface area contributed by atoms with E-state index < -0.39 is 0 Å². The van der Waals surface area contributed by atoms with Crippen molar-refractivity contribution in [2.24, 2.45) is 0 Å². The fourth-order valence-corrected chi connectivity index (χ4v) is 3.03. The summed E-state index contributed by atoms with van der Waals surface area (Å²) in [4.78, 5) is 26.1. The third-order valence-electron chi connectivity index (χ3n) is 4.34. The molecule has 0 aromatic heterocycles. The zero-order valence-electron chi connectivity index (χ0n) is 15.7. The molecule has 0 heterocycles. The lowest BCUT2D eigenvalue weighted by atomic mass is 10.0. The van der Waals surface area contributed by atoms with Gasteiger partial charge in [-0.2, -0.15) is 0 Å². The Bertz CT molecular complexity index is 727. The first-order valence-corrected chi connectivity index (χ1v) is 9.00. The van der Waals surface area contributed by atoms with Crippen LogP contribution in [0.25, 0.3) is 0 Å². The molecule has 26 heavy (non-hydrogen) atoms. The van der Waals surface area contributed by atoms with E-state index in [1.807, 2.05) is 18.2 Å². The number of anilines is 1. The Morgan fingerprint density at radius 2 is 1.69 bits per heavy atom. The van der Waals surface area contributed by atoms with Crippen LogP contribution in [0.4, 0.5) is 5.69 Å². The molecule has 2 rings (SSSR count). The minimum Gasteiger partial charge on any atom is -0.350 e. The maximum absolute atomic E-state index is 12.6. The van der Waals surface area contributed by atoms with Gasteiger partial charge in [0.15, 0.2) is 0 Å². The lowest BCUT2D eigenvalue weighted by Gasteiger charge is -2.30. The summed E-state index contributed by atoms with van der Waals surface area (Å²) in [5.41, 5.74) is 2.33. The molecule has 1 unspecified atom stereocenters. The largest absolute Gasteiger partial charge is 0.350 e. The van der Waals surface area contributed by atoms with Gasteiger partial charge in [0.1, 0.15) is 0 Å².